The Morgan fingerprint density at radius 2 is 1.44 bits per heavy atom. The van der Waals surface area contributed by atoms with Gasteiger partial charge in [-0.1, -0.05) is 53.2 Å². The molecule has 12 nitrogen and oxygen atoms in total. The van der Waals surface area contributed by atoms with Crippen molar-refractivity contribution < 1.29 is 59.8 Å². The smallest absolute Gasteiger partial charge is 0.187 e. The molecule has 0 aromatic heterocycles. The van der Waals surface area contributed by atoms with E-state index in [-0.39, 0.29) is 52.1 Å². The first-order chi connectivity index (χ1) is 25.1. The molecule has 0 bridgehead atoms. The molecular weight excluding hydrogens is 696 g/mol. The van der Waals surface area contributed by atoms with Gasteiger partial charge in [0, 0.05) is 0 Å². The highest BCUT2D eigenvalue weighted by molar-refractivity contribution is 5.21. The molecule has 0 amide bonds. The Labute approximate surface area is 322 Å². The Bertz CT molecular complexity index is 1360. The van der Waals surface area contributed by atoms with Gasteiger partial charge >= 0.3 is 0 Å². The fourth-order valence-electron chi connectivity index (χ4n) is 13.9. The van der Waals surface area contributed by atoms with Crippen molar-refractivity contribution >= 4 is 0 Å². The van der Waals surface area contributed by atoms with E-state index in [1.165, 1.54) is 0 Å². The van der Waals surface area contributed by atoms with Crippen LogP contribution in [0.3, 0.4) is 0 Å². The molecule has 0 aromatic rings. The van der Waals surface area contributed by atoms with Gasteiger partial charge in [0.25, 0.3) is 0 Å². The highest BCUT2D eigenvalue weighted by Crippen LogP contribution is 2.77. The summed E-state index contributed by atoms with van der Waals surface area (Å²) in [5.74, 6) is 0.789. The SMILES string of the molecule is CC(C)=CCC[C@](C)(O[C@@H]1O[C@H](CO[C@@H]2O[C@@H](CO)[C@H](O)[C@H]2O)[C@@H](O)[C@H](O)[C@H]1O)[C@H]1CC[C@]2(C)[C@@H]1[C@H](O)C[C@@H]1[C@@]3(C)CC[C@H](O)C(C)(C)[C@@H]3[C@@H](C)C[C@]12C. The molecular formula is C42H72O12. The van der Waals surface area contributed by atoms with E-state index >= 15 is 0 Å². The van der Waals surface area contributed by atoms with Crippen molar-refractivity contribution in [2.45, 2.75) is 187 Å². The van der Waals surface area contributed by atoms with Crippen LogP contribution in [-0.4, -0.2) is 127 Å². The standard InChI is InChI=1S/C42H72O12/c1-21(2)11-10-14-42(9,54-37-34(50)32(48)31(47)26(53-37)20-51-36-33(49)30(46)25(19-43)52-36)23-12-16-40(7)29(23)24(44)17-27-39(6)15-13-28(45)38(4,5)35(39)22(3)18-41(27,40)8/h11,22-37,43-50H,10,12-20H2,1-9H3/t22-,23-,24+,25-,26+,27+,28-,29-,30-,31+,32-,33+,34+,35-,36+,37-,39+,40+,41+,42-/m0/s1. The summed E-state index contributed by atoms with van der Waals surface area (Å²) in [6, 6.07) is 0. The maximum atomic E-state index is 12.5. The minimum atomic E-state index is -1.63. The van der Waals surface area contributed by atoms with Crippen LogP contribution in [0.15, 0.2) is 11.6 Å². The number of fused-ring (bicyclic) bond motifs is 5. The zero-order valence-corrected chi connectivity index (χ0v) is 34.1. The van der Waals surface area contributed by atoms with Crippen molar-refractivity contribution in [3.05, 3.63) is 11.6 Å². The average molecular weight is 769 g/mol. The number of rotatable bonds is 10. The molecule has 2 saturated heterocycles. The second-order valence-electron chi connectivity index (χ2n) is 20.2. The third kappa shape index (κ3) is 6.77. The first-order valence-electron chi connectivity index (χ1n) is 20.7. The van der Waals surface area contributed by atoms with Gasteiger partial charge in [0.1, 0.15) is 42.7 Å². The van der Waals surface area contributed by atoms with Crippen molar-refractivity contribution in [2.24, 2.45) is 51.2 Å². The van der Waals surface area contributed by atoms with Gasteiger partial charge in [-0.05, 0) is 123 Å². The predicted octanol–water partition coefficient (Wildman–Crippen LogP) is 3.03. The number of aliphatic hydroxyl groups is 8. The first kappa shape index (κ1) is 42.9. The summed E-state index contributed by atoms with van der Waals surface area (Å²) in [5, 5.41) is 87.0. The third-order valence-corrected chi connectivity index (χ3v) is 16.5. The molecule has 312 valence electrons. The van der Waals surface area contributed by atoms with Crippen LogP contribution in [-0.2, 0) is 18.9 Å². The van der Waals surface area contributed by atoms with E-state index in [1.54, 1.807) is 0 Å². The molecule has 0 spiro atoms. The minimum Gasteiger partial charge on any atom is -0.394 e. The van der Waals surface area contributed by atoms with Gasteiger partial charge in [-0.15, -0.1) is 0 Å². The van der Waals surface area contributed by atoms with E-state index in [1.807, 2.05) is 20.8 Å². The topological polar surface area (TPSA) is 199 Å². The molecule has 12 heteroatoms. The Morgan fingerprint density at radius 1 is 0.815 bits per heavy atom. The molecule has 6 fully saturated rings. The Balaban J connectivity index is 1.28. The molecule has 54 heavy (non-hydrogen) atoms. The predicted molar refractivity (Wildman–Crippen MR) is 199 cm³/mol. The second-order valence-corrected chi connectivity index (χ2v) is 20.2. The molecule has 4 aliphatic carbocycles. The van der Waals surface area contributed by atoms with Crippen LogP contribution < -0.4 is 0 Å². The molecule has 2 heterocycles. The van der Waals surface area contributed by atoms with Gasteiger partial charge in [0.2, 0.25) is 0 Å². The lowest BCUT2D eigenvalue weighted by atomic mass is 9.33. The average Bonchev–Trinajstić information content (AvgIpc) is 3.61. The van der Waals surface area contributed by atoms with Crippen molar-refractivity contribution in [2.75, 3.05) is 13.2 Å². The fraction of sp³-hybridized carbons (Fsp3) is 0.952. The van der Waals surface area contributed by atoms with E-state index in [0.717, 1.165) is 37.7 Å². The maximum Gasteiger partial charge on any atom is 0.187 e. The van der Waals surface area contributed by atoms with Gasteiger partial charge in [-0.3, -0.25) is 0 Å². The van der Waals surface area contributed by atoms with Gasteiger partial charge < -0.3 is 59.8 Å². The zero-order valence-electron chi connectivity index (χ0n) is 34.1. The van der Waals surface area contributed by atoms with Crippen LogP contribution in [0.4, 0.5) is 0 Å². The number of ether oxygens (including phenoxy) is 4. The number of allylic oxidation sites excluding steroid dienone is 2. The quantitative estimate of drug-likeness (QED) is 0.152. The molecule has 6 rings (SSSR count). The van der Waals surface area contributed by atoms with E-state index in [2.05, 4.69) is 47.6 Å². The van der Waals surface area contributed by atoms with Crippen molar-refractivity contribution in [3.8, 4) is 0 Å². The van der Waals surface area contributed by atoms with Crippen molar-refractivity contribution in [1.82, 2.24) is 0 Å². The summed E-state index contributed by atoms with van der Waals surface area (Å²) in [5.41, 5.74) is -0.299. The maximum absolute atomic E-state index is 12.5. The Kier molecular flexibility index (Phi) is 12.0. The summed E-state index contributed by atoms with van der Waals surface area (Å²) in [4.78, 5) is 0. The van der Waals surface area contributed by atoms with E-state index in [4.69, 9.17) is 18.9 Å². The van der Waals surface area contributed by atoms with Crippen LogP contribution in [0.2, 0.25) is 0 Å². The summed E-state index contributed by atoms with van der Waals surface area (Å²) in [7, 11) is 0. The zero-order chi connectivity index (χ0) is 39.9. The minimum absolute atomic E-state index is 0.0315. The lowest BCUT2D eigenvalue weighted by Crippen LogP contribution is -2.68. The van der Waals surface area contributed by atoms with Gasteiger partial charge in [0.05, 0.1) is 31.0 Å². The molecule has 2 aliphatic heterocycles. The monoisotopic (exact) mass is 769 g/mol. The van der Waals surface area contributed by atoms with Crippen LogP contribution in [0.5, 0.6) is 0 Å². The highest BCUT2D eigenvalue weighted by atomic mass is 16.7. The normalized spacial score (nSPS) is 52.5. The molecule has 4 saturated carbocycles. The number of hydrogen-bond donors (Lipinski definition) is 8. The second kappa shape index (κ2) is 15.1. The first-order valence-corrected chi connectivity index (χ1v) is 20.7. The molecule has 0 unspecified atom stereocenters. The van der Waals surface area contributed by atoms with E-state index < -0.39 is 73.6 Å². The molecule has 20 atom stereocenters. The van der Waals surface area contributed by atoms with Gasteiger partial charge in [-0.25, -0.2) is 0 Å². The van der Waals surface area contributed by atoms with Crippen LogP contribution in [0, 0.1) is 51.2 Å². The summed E-state index contributed by atoms with van der Waals surface area (Å²) >= 11 is 0. The lowest BCUT2D eigenvalue weighted by Gasteiger charge is -2.72. The number of aliphatic hydroxyl groups excluding tert-OH is 8. The summed E-state index contributed by atoms with van der Waals surface area (Å²) < 4.78 is 24.2. The van der Waals surface area contributed by atoms with Crippen LogP contribution >= 0.6 is 0 Å². The van der Waals surface area contributed by atoms with Gasteiger partial charge in [-0.2, -0.15) is 0 Å². The fourth-order valence-corrected chi connectivity index (χ4v) is 13.9. The largest absolute Gasteiger partial charge is 0.394 e. The molecule has 0 radical (unpaired) electrons. The Hall–Kier alpha value is -0.740. The molecule has 8 N–H and O–H groups in total. The molecule has 6 aliphatic rings. The lowest BCUT2D eigenvalue weighted by molar-refractivity contribution is -0.341. The van der Waals surface area contributed by atoms with Crippen LogP contribution in [0.25, 0.3) is 0 Å². The number of hydrogen-bond acceptors (Lipinski definition) is 12. The molecule has 0 aromatic carbocycles. The van der Waals surface area contributed by atoms with Crippen molar-refractivity contribution in [1.29, 1.82) is 0 Å². The van der Waals surface area contributed by atoms with Gasteiger partial charge in [0.15, 0.2) is 12.6 Å². The van der Waals surface area contributed by atoms with Crippen LogP contribution in [0.1, 0.15) is 114 Å². The van der Waals surface area contributed by atoms with E-state index in [0.29, 0.717) is 31.1 Å². The Morgan fingerprint density at radius 3 is 2.07 bits per heavy atom. The van der Waals surface area contributed by atoms with E-state index in [9.17, 15) is 40.9 Å². The highest BCUT2D eigenvalue weighted by Gasteiger charge is 2.72. The summed E-state index contributed by atoms with van der Waals surface area (Å²) in [6.07, 6.45) is -4.85. The summed E-state index contributed by atoms with van der Waals surface area (Å²) in [6.45, 7) is 19.4. The third-order valence-electron chi connectivity index (χ3n) is 16.5. The van der Waals surface area contributed by atoms with Crippen molar-refractivity contribution in [3.63, 3.8) is 0 Å².